The van der Waals surface area contributed by atoms with E-state index in [-0.39, 0.29) is 33.2 Å². The predicted molar refractivity (Wildman–Crippen MR) is 198 cm³/mol. The van der Waals surface area contributed by atoms with Crippen LogP contribution >= 0.6 is 0 Å². The number of hydrogen-bond donors (Lipinski definition) is 0. The van der Waals surface area contributed by atoms with Gasteiger partial charge in [-0.15, -0.1) is 34.3 Å². The molecular weight excluding hydrogens is 767 g/mol. The number of rotatable bonds is 3. The first kappa shape index (κ1) is 32.2. The summed E-state index contributed by atoms with van der Waals surface area (Å²) in [5.74, 6) is 0. The van der Waals surface area contributed by atoms with Crippen molar-refractivity contribution in [3.05, 3.63) is 126 Å². The van der Waals surface area contributed by atoms with Gasteiger partial charge in [-0.3, -0.25) is 4.98 Å². The number of hydrogen-bond acceptors (Lipinski definition) is 1. The zero-order valence-corrected chi connectivity index (χ0v) is 30.6. The van der Waals surface area contributed by atoms with Gasteiger partial charge in [0.15, 0.2) is 0 Å². The summed E-state index contributed by atoms with van der Waals surface area (Å²) in [5, 5.41) is 3.43. The van der Waals surface area contributed by atoms with Crippen molar-refractivity contribution in [1.82, 2.24) is 14.5 Å². The first-order chi connectivity index (χ1) is 22.5. The van der Waals surface area contributed by atoms with Gasteiger partial charge in [0.2, 0.25) is 0 Å². The molecule has 4 heteroatoms. The third-order valence-corrected chi connectivity index (χ3v) is 9.61. The minimum atomic E-state index is 0. The van der Waals surface area contributed by atoms with Crippen molar-refractivity contribution < 1.29 is 22.4 Å². The average Bonchev–Trinajstić information content (AvgIpc) is 3.58. The van der Waals surface area contributed by atoms with Crippen LogP contribution < -0.4 is 4.98 Å². The van der Waals surface area contributed by atoms with E-state index >= 15 is 0 Å². The van der Waals surface area contributed by atoms with Crippen LogP contribution in [0.4, 0.5) is 0 Å². The second kappa shape index (κ2) is 11.6. The second-order valence-corrected chi connectivity index (χ2v) is 14.9. The molecule has 240 valence electrons. The number of benzene rings is 5. The van der Waals surface area contributed by atoms with Gasteiger partial charge in [0.1, 0.15) is 0 Å². The molecule has 0 spiro atoms. The molecule has 8 aromatic rings. The van der Waals surface area contributed by atoms with E-state index in [9.17, 15) is 0 Å². The smallest absolute Gasteiger partial charge is 0.656 e. The zero-order chi connectivity index (χ0) is 32.7. The van der Waals surface area contributed by atoms with Gasteiger partial charge in [-0.25, -0.2) is 5.56 Å². The summed E-state index contributed by atoms with van der Waals surface area (Å²) in [4.78, 5) is 10.5. The standard InChI is InChI=1S/C44H38N3.Au/c1-43(2,3)32-16-12-27(13-17-32)29-24-30(28-14-18-33(19-15-28)44(4,5)6)26-31(25-29)36-21-23-39-42(45-36)40-38(47(39)7)22-20-35-34-10-8-9-11-37(34)46-41(35)40;/h8-14,16-25H,1-7H3;/q-3;+3. The van der Waals surface area contributed by atoms with Gasteiger partial charge in [0.05, 0.1) is 11.0 Å². The van der Waals surface area contributed by atoms with Crippen molar-refractivity contribution in [1.29, 1.82) is 0 Å². The fraction of sp³-hybridized carbons (Fsp3) is 0.205. The molecule has 0 saturated carbocycles. The maximum Gasteiger partial charge on any atom is 3.00 e. The summed E-state index contributed by atoms with van der Waals surface area (Å²) in [5.41, 5.74) is 14.1. The van der Waals surface area contributed by atoms with E-state index in [4.69, 9.17) is 9.97 Å². The number of aromatic nitrogens is 3. The Morgan fingerprint density at radius 3 is 2.04 bits per heavy atom. The van der Waals surface area contributed by atoms with Gasteiger partial charge >= 0.3 is 22.4 Å². The van der Waals surface area contributed by atoms with Crippen molar-refractivity contribution in [2.24, 2.45) is 7.05 Å². The van der Waals surface area contributed by atoms with Gasteiger partial charge < -0.3 is 9.55 Å². The summed E-state index contributed by atoms with van der Waals surface area (Å²) in [6.07, 6.45) is 0. The molecule has 0 unspecified atom stereocenters. The van der Waals surface area contributed by atoms with Gasteiger partial charge in [-0.2, -0.15) is 35.9 Å². The Bertz CT molecular complexity index is 2390. The van der Waals surface area contributed by atoms with Crippen molar-refractivity contribution in [2.75, 3.05) is 0 Å². The van der Waals surface area contributed by atoms with E-state index in [0.717, 1.165) is 66.3 Å². The number of pyridine rings is 1. The topological polar surface area (TPSA) is 31.9 Å². The molecule has 3 aromatic heterocycles. The molecule has 3 nitrogen and oxygen atoms in total. The number of fused-ring (bicyclic) bond motifs is 7. The normalized spacial score (nSPS) is 12.3. The molecule has 0 radical (unpaired) electrons. The Kier molecular flexibility index (Phi) is 7.79. The fourth-order valence-electron chi connectivity index (χ4n) is 6.77. The van der Waals surface area contributed by atoms with Gasteiger partial charge in [-0.1, -0.05) is 108 Å². The van der Waals surface area contributed by atoms with E-state index < -0.39 is 0 Å². The third kappa shape index (κ3) is 5.41. The molecule has 0 N–H and O–H groups in total. The van der Waals surface area contributed by atoms with Crippen LogP contribution in [0.25, 0.3) is 77.3 Å². The quantitative estimate of drug-likeness (QED) is 0.132. The molecule has 0 aliphatic heterocycles. The third-order valence-electron chi connectivity index (χ3n) is 9.61. The monoisotopic (exact) mass is 805 g/mol. The van der Waals surface area contributed by atoms with Crippen LogP contribution in [-0.4, -0.2) is 9.55 Å². The summed E-state index contributed by atoms with van der Waals surface area (Å²) >= 11 is 0. The molecule has 3 heterocycles. The van der Waals surface area contributed by atoms with E-state index in [1.807, 2.05) is 0 Å². The Balaban J connectivity index is 0.00000364. The first-order valence-electron chi connectivity index (χ1n) is 16.4. The largest absolute Gasteiger partial charge is 3.00 e. The summed E-state index contributed by atoms with van der Waals surface area (Å²) in [6.45, 7) is 13.5. The van der Waals surface area contributed by atoms with Crippen molar-refractivity contribution in [3.8, 4) is 33.5 Å². The molecule has 0 atom stereocenters. The summed E-state index contributed by atoms with van der Waals surface area (Å²) in [6, 6.07) is 44.3. The Morgan fingerprint density at radius 2 is 1.33 bits per heavy atom. The maximum atomic E-state index is 5.37. The van der Waals surface area contributed by atoms with Crippen LogP contribution in [0.3, 0.4) is 0 Å². The van der Waals surface area contributed by atoms with Crippen molar-refractivity contribution in [3.63, 3.8) is 0 Å². The van der Waals surface area contributed by atoms with Crippen molar-refractivity contribution >= 4 is 43.7 Å². The fourth-order valence-corrected chi connectivity index (χ4v) is 6.77. The van der Waals surface area contributed by atoms with Crippen LogP contribution in [0, 0.1) is 12.1 Å². The van der Waals surface area contributed by atoms with Crippen LogP contribution in [0.2, 0.25) is 0 Å². The minimum absolute atomic E-state index is 0. The zero-order valence-electron chi connectivity index (χ0n) is 28.5. The summed E-state index contributed by atoms with van der Waals surface area (Å²) < 4.78 is 2.23. The molecular formula is C44H38AuN3. The first-order valence-corrected chi connectivity index (χ1v) is 16.4. The van der Waals surface area contributed by atoms with Gasteiger partial charge in [0.25, 0.3) is 0 Å². The molecule has 5 aromatic carbocycles. The van der Waals surface area contributed by atoms with Gasteiger partial charge in [0, 0.05) is 23.6 Å². The Labute approximate surface area is 298 Å². The SMILES string of the molecule is Cn1c2ccc(-c3[c-]c(-c4[c-]cc(C(C)(C)C)cc4)cc(-c4ccc(C(C)(C)C)cc4)c3)nc2c2c3[n-]c4ccccc4c3ccc21.[Au+3]. The van der Waals surface area contributed by atoms with E-state index in [0.29, 0.717) is 0 Å². The van der Waals surface area contributed by atoms with Crippen LogP contribution in [0.15, 0.2) is 103 Å². The van der Waals surface area contributed by atoms with Crippen molar-refractivity contribution in [2.45, 2.75) is 52.4 Å². The van der Waals surface area contributed by atoms with Crippen LogP contribution in [0.1, 0.15) is 52.7 Å². The van der Waals surface area contributed by atoms with Crippen LogP contribution in [-0.2, 0) is 40.3 Å². The maximum absolute atomic E-state index is 5.37. The molecule has 0 amide bonds. The number of aryl methyl sites for hydroxylation is 1. The van der Waals surface area contributed by atoms with E-state index in [1.165, 1.54) is 22.1 Å². The average molecular weight is 806 g/mol. The molecule has 48 heavy (non-hydrogen) atoms. The Hall–Kier alpha value is -4.41. The molecule has 0 saturated heterocycles. The van der Waals surface area contributed by atoms with Crippen LogP contribution in [0.5, 0.6) is 0 Å². The Morgan fingerprint density at radius 1 is 0.646 bits per heavy atom. The predicted octanol–water partition coefficient (Wildman–Crippen LogP) is 11.2. The van der Waals surface area contributed by atoms with Gasteiger partial charge in [-0.05, 0) is 44.9 Å². The molecule has 0 fully saturated rings. The minimum Gasteiger partial charge on any atom is -0.656 e. The molecule has 0 aliphatic rings. The summed E-state index contributed by atoms with van der Waals surface area (Å²) in [7, 11) is 2.11. The van der Waals surface area contributed by atoms with E-state index in [2.05, 4.69) is 168 Å². The van der Waals surface area contributed by atoms with E-state index in [1.54, 1.807) is 0 Å². The molecule has 8 rings (SSSR count). The molecule has 0 aliphatic carbocycles. The molecule has 0 bridgehead atoms. The second-order valence-electron chi connectivity index (χ2n) is 14.9. The number of nitrogens with zero attached hydrogens (tertiary/aromatic N) is 3. The number of para-hydroxylation sites is 1.